The second kappa shape index (κ2) is 44.3. The molecular formula is C61H100N18O25. The van der Waals surface area contributed by atoms with E-state index < -0.39 is 263 Å². The molecule has 2 aliphatic heterocycles. The number of nitrogens with one attached hydrogen (secondary N) is 13. The maximum atomic E-state index is 14.1. The Labute approximate surface area is 596 Å². The van der Waals surface area contributed by atoms with Crippen LogP contribution in [0.5, 0.6) is 0 Å². The first kappa shape index (κ1) is 89.8. The summed E-state index contributed by atoms with van der Waals surface area (Å²) in [6.07, 6.45) is -1.91. The van der Waals surface area contributed by atoms with Crippen LogP contribution in [0.1, 0.15) is 119 Å². The molecule has 0 saturated carbocycles. The van der Waals surface area contributed by atoms with Gasteiger partial charge < -0.3 is 127 Å². The second-order valence-electron chi connectivity index (χ2n) is 25.6. The summed E-state index contributed by atoms with van der Waals surface area (Å²) in [7, 11) is 0. The van der Waals surface area contributed by atoms with E-state index in [0.29, 0.717) is 32.2 Å². The van der Waals surface area contributed by atoms with Crippen molar-refractivity contribution in [1.29, 1.82) is 0 Å². The molecule has 43 heteroatoms. The van der Waals surface area contributed by atoms with Gasteiger partial charge >= 0.3 is 11.9 Å². The summed E-state index contributed by atoms with van der Waals surface area (Å²) in [5, 5.41) is 87.3. The highest BCUT2D eigenvalue weighted by Gasteiger charge is 2.42. The van der Waals surface area contributed by atoms with Gasteiger partial charge in [0.15, 0.2) is 0 Å². The molecule has 14 atom stereocenters. The van der Waals surface area contributed by atoms with E-state index in [4.69, 9.17) is 17.2 Å². The number of carboxylic acids is 2. The molecule has 2 saturated heterocycles. The summed E-state index contributed by atoms with van der Waals surface area (Å²) in [5.74, 6) is -20.8. The lowest BCUT2D eigenvalue weighted by Gasteiger charge is -2.30. The number of nitrogens with two attached hydrogens (primary N) is 3. The third-order valence-corrected chi connectivity index (χ3v) is 16.1. The number of rotatable bonds is 45. The first-order chi connectivity index (χ1) is 48.7. The van der Waals surface area contributed by atoms with Crippen LogP contribution in [0.2, 0.25) is 0 Å². The average molecular weight is 1490 g/mol. The van der Waals surface area contributed by atoms with Crippen LogP contribution in [0.25, 0.3) is 0 Å². The Hall–Kier alpha value is -10.3. The zero-order valence-corrected chi connectivity index (χ0v) is 58.7. The van der Waals surface area contributed by atoms with Gasteiger partial charge in [-0.15, -0.1) is 0 Å². The Morgan fingerprint density at radius 3 is 1.25 bits per heavy atom. The molecule has 0 unspecified atom stereocenters. The molecule has 43 nitrogen and oxygen atoms in total. The van der Waals surface area contributed by atoms with Crippen molar-refractivity contribution in [2.75, 3.05) is 52.6 Å². The zero-order chi connectivity index (χ0) is 79.0. The van der Waals surface area contributed by atoms with E-state index in [0.717, 1.165) is 20.8 Å². The van der Waals surface area contributed by atoms with Crippen LogP contribution in [0.4, 0.5) is 0 Å². The minimum atomic E-state index is -2.09. The topological polar surface area (TPSA) is 687 Å². The van der Waals surface area contributed by atoms with Crippen molar-refractivity contribution >= 4 is 112 Å². The number of hydrogen-bond donors (Lipinski definition) is 22. The van der Waals surface area contributed by atoms with Gasteiger partial charge in [-0.3, -0.25) is 91.1 Å². The number of aliphatic carboxylic acids is 2. The van der Waals surface area contributed by atoms with Gasteiger partial charge in [-0.05, 0) is 84.0 Å². The monoisotopic (exact) mass is 1480 g/mol. The predicted molar refractivity (Wildman–Crippen MR) is 356 cm³/mol. The highest BCUT2D eigenvalue weighted by molar-refractivity contribution is 6.01. The summed E-state index contributed by atoms with van der Waals surface area (Å²) < 4.78 is 0. The number of amides is 17. The summed E-state index contributed by atoms with van der Waals surface area (Å²) in [6.45, 7) is 5.16. The smallest absolute Gasteiger partial charge is 0.305 e. The first-order valence-electron chi connectivity index (χ1n) is 33.4. The molecule has 0 aliphatic carbocycles. The van der Waals surface area contributed by atoms with Crippen LogP contribution in [0.15, 0.2) is 0 Å². The molecule has 25 N–H and O–H groups in total. The Morgan fingerprint density at radius 2 is 0.769 bits per heavy atom. The van der Waals surface area contributed by atoms with Crippen molar-refractivity contribution in [3.8, 4) is 0 Å². The van der Waals surface area contributed by atoms with Gasteiger partial charge in [0.1, 0.15) is 78.5 Å². The molecule has 2 rings (SSSR count). The van der Waals surface area contributed by atoms with Crippen molar-refractivity contribution in [2.24, 2.45) is 29.0 Å². The molecule has 2 fully saturated rings. The molecule has 2 heterocycles. The van der Waals surface area contributed by atoms with Crippen LogP contribution in [-0.4, -0.2) is 290 Å². The number of hydrogen-bond acceptors (Lipinski definition) is 24. The second-order valence-corrected chi connectivity index (χ2v) is 25.6. The number of nitrogens with zero attached hydrogens (tertiary/aromatic N) is 2. The third kappa shape index (κ3) is 30.4. The highest BCUT2D eigenvalue weighted by Crippen LogP contribution is 2.22. The van der Waals surface area contributed by atoms with E-state index >= 15 is 0 Å². The van der Waals surface area contributed by atoms with Gasteiger partial charge in [0.05, 0.1) is 52.0 Å². The molecule has 104 heavy (non-hydrogen) atoms. The van der Waals surface area contributed by atoms with Crippen LogP contribution in [0, 0.1) is 11.8 Å². The number of aliphatic hydroxyl groups excluding tert-OH is 4. The van der Waals surface area contributed by atoms with Crippen molar-refractivity contribution in [2.45, 2.75) is 204 Å². The van der Waals surface area contributed by atoms with Crippen LogP contribution in [0.3, 0.4) is 0 Å². The fourth-order valence-corrected chi connectivity index (χ4v) is 10.5. The Bertz CT molecular complexity index is 3120. The van der Waals surface area contributed by atoms with E-state index in [-0.39, 0.29) is 37.1 Å². The number of aliphatic hydroxyl groups is 4. The molecule has 0 aromatic rings. The predicted octanol–water partition coefficient (Wildman–Crippen LogP) is -11.9. The van der Waals surface area contributed by atoms with Gasteiger partial charge in [-0.25, -0.2) is 0 Å². The summed E-state index contributed by atoms with van der Waals surface area (Å²) >= 11 is 0. The molecule has 0 radical (unpaired) electrons. The van der Waals surface area contributed by atoms with E-state index in [1.54, 1.807) is 13.8 Å². The molecule has 0 bridgehead atoms. The van der Waals surface area contributed by atoms with Gasteiger partial charge in [0.25, 0.3) is 0 Å². The Morgan fingerprint density at radius 1 is 0.394 bits per heavy atom. The number of carboxylic acid groups (broad SMARTS) is 2. The largest absolute Gasteiger partial charge is 0.481 e. The van der Waals surface area contributed by atoms with E-state index in [1.807, 2.05) is 29.8 Å². The van der Waals surface area contributed by atoms with Crippen molar-refractivity contribution in [3.63, 3.8) is 0 Å². The molecule has 17 amide bonds. The van der Waals surface area contributed by atoms with Gasteiger partial charge in [-0.1, -0.05) is 27.7 Å². The first-order valence-corrected chi connectivity index (χ1v) is 33.4. The van der Waals surface area contributed by atoms with E-state index in [1.165, 1.54) is 9.80 Å². The number of carbonyl (C=O) groups is 19. The standard InChI is InChI=1S/C61H100N18O25/c1-27(2)18-32(62)60(103)78-16-8-10-41(78)58(101)66-22-45(86)71-36(19-28(3)4)61(104)79-17-9-11-42(79)59(102)77-38(24-81)55(98)69-30(6)50(93)67-31(7)51(94)75-39(25-82)57(100)76-40(26-83)56(99)72-34(13-15-46(87)88)53(96)73-35(20-47(89)90)54(97)68-29(5)49(92)65-21-44(85)70-33(12-14-43(63)84)52(95)74-37(23-80)48(64)91/h27-42,80-83H,8-26,62H2,1-7H3,(H2,63,84)(H2,64,91)(H,65,92)(H,66,101)(H,67,93)(H,68,97)(H,69,98)(H,70,85)(H,71,86)(H,72,99)(H,73,96)(H,74,95)(H,75,94)(H,76,100)(H,77,102)(H,87,88)(H,89,90)/t29-,30-,31-,32-,33-,34-,35-,36-,37-,38-,39-,40-,41-,42-/m0/s1. The number of likely N-dealkylation sites (tertiary alicyclic amines) is 2. The zero-order valence-electron chi connectivity index (χ0n) is 58.7. The van der Waals surface area contributed by atoms with E-state index in [2.05, 4.69) is 53.2 Å². The maximum absolute atomic E-state index is 14.1. The lowest BCUT2D eigenvalue weighted by atomic mass is 10.0. The van der Waals surface area contributed by atoms with Gasteiger partial charge in [0.2, 0.25) is 100 Å². The average Bonchev–Trinajstić information content (AvgIpc) is 1.63. The summed E-state index contributed by atoms with van der Waals surface area (Å²) in [4.78, 5) is 249. The molecule has 0 aromatic heterocycles. The lowest BCUT2D eigenvalue weighted by Crippen LogP contribution is -2.61. The quantitative estimate of drug-likeness (QED) is 0.0269. The van der Waals surface area contributed by atoms with Crippen molar-refractivity contribution in [3.05, 3.63) is 0 Å². The molecule has 0 spiro atoms. The fourth-order valence-electron chi connectivity index (χ4n) is 10.5. The molecule has 584 valence electrons. The minimum absolute atomic E-state index is 0.0576. The minimum Gasteiger partial charge on any atom is -0.481 e. The van der Waals surface area contributed by atoms with Gasteiger partial charge in [-0.2, -0.15) is 0 Å². The van der Waals surface area contributed by atoms with Crippen molar-refractivity contribution < 1.29 is 122 Å². The SMILES string of the molecule is CC(C)C[C@H](NC(=O)CNC(=O)[C@@H]1CCCN1C(=O)[C@@H](N)CC(C)C)C(=O)N1CCC[C@H]1C(=O)N[C@@H](CO)C(=O)N[C@@H](C)C(=O)N[C@@H](C)C(=O)N[C@@H](CO)C(=O)N[C@@H](CO)C(=O)N[C@@H](CCC(=O)O)C(=O)N[C@@H](CC(=O)O)C(=O)N[C@@H](C)C(=O)NCC(=O)N[C@@H](CCC(N)=O)C(=O)N[C@@H](CO)C(N)=O. The Balaban J connectivity index is 2.07. The van der Waals surface area contributed by atoms with Crippen LogP contribution < -0.4 is 86.3 Å². The molecular weight excluding hydrogens is 1380 g/mol. The third-order valence-electron chi connectivity index (χ3n) is 16.1. The maximum Gasteiger partial charge on any atom is 0.305 e. The van der Waals surface area contributed by atoms with Crippen LogP contribution in [-0.2, 0) is 91.1 Å². The molecule has 0 aromatic carbocycles. The number of carbonyl (C=O) groups excluding carboxylic acids is 17. The highest BCUT2D eigenvalue weighted by atomic mass is 16.4. The lowest BCUT2D eigenvalue weighted by molar-refractivity contribution is -0.143. The fraction of sp³-hybridized carbons (Fsp3) is 0.689. The van der Waals surface area contributed by atoms with Crippen LogP contribution >= 0.6 is 0 Å². The van der Waals surface area contributed by atoms with Gasteiger partial charge in [0, 0.05) is 25.9 Å². The summed E-state index contributed by atoms with van der Waals surface area (Å²) in [6, 6.07) is -21.7. The summed E-state index contributed by atoms with van der Waals surface area (Å²) in [5.41, 5.74) is 16.3. The van der Waals surface area contributed by atoms with Crippen molar-refractivity contribution in [1.82, 2.24) is 78.9 Å². The van der Waals surface area contributed by atoms with E-state index in [9.17, 15) is 122 Å². The Kier molecular flexibility index (Phi) is 38.2. The normalized spacial score (nSPS) is 17.5. The molecule has 2 aliphatic rings. The number of primary amides is 2.